The monoisotopic (exact) mass is 339 g/mol. The number of hydrogen-bond donors (Lipinski definition) is 1. The van der Waals surface area contributed by atoms with Crippen molar-refractivity contribution >= 4 is 31.5 Å². The molecule has 0 aromatic heterocycles. The zero-order valence-corrected chi connectivity index (χ0v) is 11.8. The van der Waals surface area contributed by atoms with Gasteiger partial charge < -0.3 is 5.32 Å². The van der Waals surface area contributed by atoms with Crippen molar-refractivity contribution in [3.63, 3.8) is 0 Å². The number of anilines is 1. The summed E-state index contributed by atoms with van der Waals surface area (Å²) < 4.78 is 50.0. The Bertz CT molecular complexity index is 525. The highest BCUT2D eigenvalue weighted by Gasteiger charge is 2.25. The van der Waals surface area contributed by atoms with Crippen LogP contribution in [-0.4, -0.2) is 26.0 Å². The van der Waals surface area contributed by atoms with E-state index in [-0.39, 0.29) is 23.2 Å². The van der Waals surface area contributed by atoms with Crippen molar-refractivity contribution in [3.05, 3.63) is 28.2 Å². The maximum absolute atomic E-state index is 13.6. The van der Waals surface area contributed by atoms with Gasteiger partial charge in [0.2, 0.25) is 0 Å². The van der Waals surface area contributed by atoms with E-state index in [0.717, 1.165) is 0 Å². The third-order valence-corrected chi connectivity index (χ3v) is 5.08. The van der Waals surface area contributed by atoms with Gasteiger partial charge in [0.15, 0.2) is 0 Å². The summed E-state index contributed by atoms with van der Waals surface area (Å²) in [6, 6.07) is 2.13. The Morgan fingerprint density at radius 3 is 2.17 bits per heavy atom. The van der Waals surface area contributed by atoms with E-state index in [0.29, 0.717) is 17.3 Å². The fraction of sp³-hybridized carbons (Fsp3) is 0.455. The van der Waals surface area contributed by atoms with E-state index in [4.69, 9.17) is 0 Å². The third kappa shape index (κ3) is 3.20. The van der Waals surface area contributed by atoms with E-state index < -0.39 is 21.5 Å². The van der Waals surface area contributed by atoms with Crippen LogP contribution in [0.5, 0.6) is 0 Å². The minimum absolute atomic E-state index is 0.0600. The number of hydrogen-bond acceptors (Lipinski definition) is 3. The highest BCUT2D eigenvalue weighted by Crippen LogP contribution is 2.26. The summed E-state index contributed by atoms with van der Waals surface area (Å²) in [5.41, 5.74) is -0.192. The first-order valence-electron chi connectivity index (χ1n) is 5.49. The van der Waals surface area contributed by atoms with Crippen molar-refractivity contribution in [1.82, 2.24) is 0 Å². The minimum Gasteiger partial charge on any atom is -0.377 e. The molecule has 0 aliphatic carbocycles. The lowest BCUT2D eigenvalue weighted by atomic mass is 10.1. The molecule has 0 spiro atoms. The van der Waals surface area contributed by atoms with E-state index >= 15 is 0 Å². The average Bonchev–Trinajstić information content (AvgIpc) is 2.25. The van der Waals surface area contributed by atoms with Gasteiger partial charge in [-0.15, -0.1) is 0 Å². The summed E-state index contributed by atoms with van der Waals surface area (Å²) in [5, 5.41) is 2.75. The van der Waals surface area contributed by atoms with Crippen LogP contribution in [0.4, 0.5) is 14.5 Å². The van der Waals surface area contributed by atoms with Crippen molar-refractivity contribution < 1.29 is 17.2 Å². The summed E-state index contributed by atoms with van der Waals surface area (Å²) in [6.45, 7) is 0. The summed E-state index contributed by atoms with van der Waals surface area (Å²) in [4.78, 5) is 0. The van der Waals surface area contributed by atoms with Gasteiger partial charge in [-0.25, -0.2) is 17.2 Å². The number of halogens is 3. The van der Waals surface area contributed by atoms with Crippen LogP contribution in [0.2, 0.25) is 0 Å². The van der Waals surface area contributed by atoms with Crippen LogP contribution in [0.3, 0.4) is 0 Å². The predicted molar refractivity (Wildman–Crippen MR) is 69.4 cm³/mol. The average molecular weight is 340 g/mol. The highest BCUT2D eigenvalue weighted by molar-refractivity contribution is 9.10. The van der Waals surface area contributed by atoms with Gasteiger partial charge in [-0.3, -0.25) is 0 Å². The van der Waals surface area contributed by atoms with Gasteiger partial charge >= 0.3 is 0 Å². The predicted octanol–water partition coefficient (Wildman–Crippen LogP) is 2.72. The molecule has 1 aliphatic rings. The van der Waals surface area contributed by atoms with Crippen LogP contribution in [0.15, 0.2) is 16.6 Å². The molecule has 0 saturated carbocycles. The van der Waals surface area contributed by atoms with Gasteiger partial charge in [-0.1, -0.05) is 15.9 Å². The van der Waals surface area contributed by atoms with Crippen molar-refractivity contribution in [2.75, 3.05) is 16.8 Å². The molecule has 1 aromatic carbocycles. The molecule has 1 heterocycles. The quantitative estimate of drug-likeness (QED) is 0.901. The van der Waals surface area contributed by atoms with Crippen molar-refractivity contribution in [1.29, 1.82) is 0 Å². The first kappa shape index (κ1) is 13.7. The third-order valence-electron chi connectivity index (χ3n) is 2.91. The lowest BCUT2D eigenvalue weighted by Gasteiger charge is -2.24. The Morgan fingerprint density at radius 1 is 1.17 bits per heavy atom. The van der Waals surface area contributed by atoms with Gasteiger partial charge in [0.05, 0.1) is 11.5 Å². The summed E-state index contributed by atoms with van der Waals surface area (Å²) in [5.74, 6) is -1.25. The maximum atomic E-state index is 13.6. The van der Waals surface area contributed by atoms with E-state index in [9.17, 15) is 17.2 Å². The molecule has 3 nitrogen and oxygen atoms in total. The van der Waals surface area contributed by atoms with Crippen LogP contribution in [0, 0.1) is 11.6 Å². The van der Waals surface area contributed by atoms with Crippen molar-refractivity contribution in [2.24, 2.45) is 0 Å². The van der Waals surface area contributed by atoms with Gasteiger partial charge in [-0.05, 0) is 25.0 Å². The standard InChI is InChI=1S/C11H12BrF2NO2S/c12-7-5-9(13)11(10(14)6-7)15-8-1-3-18(16,17)4-2-8/h5-6,8,15H,1-4H2. The second kappa shape index (κ2) is 5.13. The molecule has 0 unspecified atom stereocenters. The maximum Gasteiger partial charge on any atom is 0.150 e. The van der Waals surface area contributed by atoms with Crippen molar-refractivity contribution in [3.8, 4) is 0 Å². The van der Waals surface area contributed by atoms with E-state index in [1.165, 1.54) is 12.1 Å². The molecule has 0 amide bonds. The first-order valence-corrected chi connectivity index (χ1v) is 8.10. The number of sulfone groups is 1. The van der Waals surface area contributed by atoms with Gasteiger partial charge in [-0.2, -0.15) is 0 Å². The van der Waals surface area contributed by atoms with Gasteiger partial charge in [0.1, 0.15) is 27.2 Å². The number of benzene rings is 1. The van der Waals surface area contributed by atoms with Crippen LogP contribution in [0.1, 0.15) is 12.8 Å². The lowest BCUT2D eigenvalue weighted by molar-refractivity contribution is 0.549. The van der Waals surface area contributed by atoms with Crippen molar-refractivity contribution in [2.45, 2.75) is 18.9 Å². The van der Waals surface area contributed by atoms with Crippen LogP contribution in [-0.2, 0) is 9.84 Å². The fourth-order valence-electron chi connectivity index (χ4n) is 1.92. The zero-order valence-electron chi connectivity index (χ0n) is 9.42. The second-order valence-electron chi connectivity index (χ2n) is 4.31. The fourth-order valence-corrected chi connectivity index (χ4v) is 3.81. The normalized spacial score (nSPS) is 19.7. The largest absolute Gasteiger partial charge is 0.377 e. The number of nitrogens with one attached hydrogen (secondary N) is 1. The molecule has 7 heteroatoms. The van der Waals surface area contributed by atoms with Crippen LogP contribution < -0.4 is 5.32 Å². The topological polar surface area (TPSA) is 46.2 Å². The molecule has 0 radical (unpaired) electrons. The van der Waals surface area contributed by atoms with Gasteiger partial charge in [0, 0.05) is 10.5 Å². The van der Waals surface area contributed by atoms with E-state index in [1.54, 1.807) is 0 Å². The Hall–Kier alpha value is -0.690. The molecule has 1 saturated heterocycles. The molecule has 18 heavy (non-hydrogen) atoms. The molecule has 0 atom stereocenters. The van der Waals surface area contributed by atoms with Crippen LogP contribution >= 0.6 is 15.9 Å². The van der Waals surface area contributed by atoms with E-state index in [1.807, 2.05) is 0 Å². The van der Waals surface area contributed by atoms with Crippen LogP contribution in [0.25, 0.3) is 0 Å². The molecular weight excluding hydrogens is 328 g/mol. The molecule has 1 aliphatic heterocycles. The Kier molecular flexibility index (Phi) is 3.91. The first-order chi connectivity index (χ1) is 8.37. The SMILES string of the molecule is O=S1(=O)CCC(Nc2c(F)cc(Br)cc2F)CC1. The Labute approximate surface area is 113 Å². The number of rotatable bonds is 2. The molecule has 2 rings (SSSR count). The Morgan fingerprint density at radius 2 is 1.67 bits per heavy atom. The second-order valence-corrected chi connectivity index (χ2v) is 7.53. The van der Waals surface area contributed by atoms with E-state index in [2.05, 4.69) is 21.2 Å². The molecule has 1 N–H and O–H groups in total. The summed E-state index contributed by atoms with van der Waals surface area (Å²) >= 11 is 3.00. The smallest absolute Gasteiger partial charge is 0.150 e. The molecule has 0 bridgehead atoms. The minimum atomic E-state index is -2.97. The Balaban J connectivity index is 2.11. The summed E-state index contributed by atoms with van der Waals surface area (Å²) in [6.07, 6.45) is 0.745. The molecule has 100 valence electrons. The molecule has 1 fully saturated rings. The zero-order chi connectivity index (χ0) is 13.3. The molecular formula is C11H12BrF2NO2S. The lowest BCUT2D eigenvalue weighted by Crippen LogP contribution is -2.32. The summed E-state index contributed by atoms with van der Waals surface area (Å²) in [7, 11) is -2.97. The molecule has 1 aromatic rings. The van der Waals surface area contributed by atoms with Gasteiger partial charge in [0.25, 0.3) is 0 Å². The highest BCUT2D eigenvalue weighted by atomic mass is 79.9.